The molecule has 0 aliphatic carbocycles. The molecule has 0 fully saturated rings. The van der Waals surface area contributed by atoms with Gasteiger partial charge >= 0.3 is 0 Å². The highest BCUT2D eigenvalue weighted by Gasteiger charge is 2.12. The van der Waals surface area contributed by atoms with Crippen LogP contribution in [-0.4, -0.2) is 17.7 Å². The molecule has 2 aromatic carbocycles. The predicted molar refractivity (Wildman–Crippen MR) is 90.3 cm³/mol. The van der Waals surface area contributed by atoms with Crippen molar-refractivity contribution in [2.24, 2.45) is 0 Å². The van der Waals surface area contributed by atoms with Crippen molar-refractivity contribution in [3.8, 4) is 0 Å². The Kier molecular flexibility index (Phi) is 6.46. The van der Waals surface area contributed by atoms with E-state index in [2.05, 4.69) is 17.4 Å². The molecule has 2 nitrogen and oxygen atoms in total. The van der Waals surface area contributed by atoms with Gasteiger partial charge in [0.25, 0.3) is 0 Å². The fraction of sp³-hybridized carbons (Fsp3) is 0.278. The summed E-state index contributed by atoms with van der Waals surface area (Å²) in [5.74, 6) is 0.634. The molecule has 0 unspecified atom stereocenters. The number of benzene rings is 2. The second-order valence-corrected chi connectivity index (χ2v) is 6.44. The molecule has 116 valence electrons. The second kappa shape index (κ2) is 8.59. The maximum atomic E-state index is 12.8. The standard InChI is InChI=1S/C18H20FNOS/c1-14(22-13-16-5-3-2-4-6-16)18(21)20-12-11-15-7-9-17(19)10-8-15/h2-10,14H,11-13H2,1H3,(H,20,21)/t14-/m0/s1. The van der Waals surface area contributed by atoms with Crippen LogP contribution in [0.25, 0.3) is 0 Å². The molecule has 0 saturated carbocycles. The average molecular weight is 317 g/mol. The van der Waals surface area contributed by atoms with Crippen LogP contribution in [0.15, 0.2) is 54.6 Å². The quantitative estimate of drug-likeness (QED) is 0.841. The van der Waals surface area contributed by atoms with Crippen molar-refractivity contribution in [2.45, 2.75) is 24.3 Å². The zero-order valence-electron chi connectivity index (χ0n) is 12.6. The van der Waals surface area contributed by atoms with Crippen LogP contribution in [0.3, 0.4) is 0 Å². The zero-order chi connectivity index (χ0) is 15.8. The molecule has 0 saturated heterocycles. The summed E-state index contributed by atoms with van der Waals surface area (Å²) >= 11 is 1.62. The molecule has 1 amide bonds. The summed E-state index contributed by atoms with van der Waals surface area (Å²) in [4.78, 5) is 12.0. The van der Waals surface area contributed by atoms with Crippen LogP contribution in [-0.2, 0) is 17.0 Å². The Hall–Kier alpha value is -1.81. The molecule has 1 atom stereocenters. The Balaban J connectivity index is 1.69. The Morgan fingerprint density at radius 1 is 1.09 bits per heavy atom. The van der Waals surface area contributed by atoms with Crippen molar-refractivity contribution >= 4 is 17.7 Å². The van der Waals surface area contributed by atoms with Crippen molar-refractivity contribution in [3.05, 3.63) is 71.5 Å². The summed E-state index contributed by atoms with van der Waals surface area (Å²) in [6.45, 7) is 2.49. The van der Waals surface area contributed by atoms with Crippen molar-refractivity contribution in [3.63, 3.8) is 0 Å². The first-order valence-corrected chi connectivity index (χ1v) is 8.37. The number of nitrogens with one attached hydrogen (secondary N) is 1. The third-order valence-corrected chi connectivity index (χ3v) is 4.55. The number of carbonyl (C=O) groups excluding carboxylic acids is 1. The normalized spacial score (nSPS) is 11.9. The Bertz CT molecular complexity index is 586. The molecule has 2 rings (SSSR count). The average Bonchev–Trinajstić information content (AvgIpc) is 2.55. The second-order valence-electron chi connectivity index (χ2n) is 5.11. The van der Waals surface area contributed by atoms with E-state index in [1.807, 2.05) is 25.1 Å². The van der Waals surface area contributed by atoms with Gasteiger partial charge in [0.2, 0.25) is 5.91 Å². The minimum atomic E-state index is -0.237. The molecular formula is C18H20FNOS. The monoisotopic (exact) mass is 317 g/mol. The summed E-state index contributed by atoms with van der Waals surface area (Å²) < 4.78 is 12.8. The number of halogens is 1. The lowest BCUT2D eigenvalue weighted by Gasteiger charge is -2.12. The predicted octanol–water partition coefficient (Wildman–Crippen LogP) is 3.81. The summed E-state index contributed by atoms with van der Waals surface area (Å²) in [5.41, 5.74) is 2.24. The number of carbonyl (C=O) groups is 1. The molecule has 0 aromatic heterocycles. The van der Waals surface area contributed by atoms with Crippen molar-refractivity contribution in [1.29, 1.82) is 0 Å². The van der Waals surface area contributed by atoms with Crippen molar-refractivity contribution in [1.82, 2.24) is 5.32 Å². The fourth-order valence-corrected chi connectivity index (χ4v) is 2.87. The van der Waals surface area contributed by atoms with E-state index in [4.69, 9.17) is 0 Å². The highest BCUT2D eigenvalue weighted by Crippen LogP contribution is 2.17. The molecule has 0 bridgehead atoms. The summed E-state index contributed by atoms with van der Waals surface area (Å²) in [6, 6.07) is 16.5. The summed E-state index contributed by atoms with van der Waals surface area (Å²) in [7, 11) is 0. The summed E-state index contributed by atoms with van der Waals surface area (Å²) in [6.07, 6.45) is 0.710. The molecule has 0 heterocycles. The van der Waals surface area contributed by atoms with E-state index < -0.39 is 0 Å². The third kappa shape index (κ3) is 5.53. The van der Waals surface area contributed by atoms with Crippen LogP contribution in [0.5, 0.6) is 0 Å². The maximum absolute atomic E-state index is 12.8. The summed E-state index contributed by atoms with van der Waals surface area (Å²) in [5, 5.41) is 2.84. The Morgan fingerprint density at radius 3 is 2.45 bits per heavy atom. The Morgan fingerprint density at radius 2 is 1.77 bits per heavy atom. The van der Waals surface area contributed by atoms with Gasteiger partial charge in [-0.05, 0) is 36.6 Å². The maximum Gasteiger partial charge on any atom is 0.232 e. The lowest BCUT2D eigenvalue weighted by atomic mass is 10.1. The van der Waals surface area contributed by atoms with Gasteiger partial charge in [-0.1, -0.05) is 42.5 Å². The van der Waals surface area contributed by atoms with Gasteiger partial charge in [0.05, 0.1) is 5.25 Å². The SMILES string of the molecule is C[C@H](SCc1ccccc1)C(=O)NCCc1ccc(F)cc1. The number of hydrogen-bond donors (Lipinski definition) is 1. The Labute approximate surface area is 135 Å². The van der Waals surface area contributed by atoms with Gasteiger partial charge < -0.3 is 5.32 Å². The van der Waals surface area contributed by atoms with Crippen molar-refractivity contribution in [2.75, 3.05) is 6.54 Å². The van der Waals surface area contributed by atoms with Gasteiger partial charge in [0.15, 0.2) is 0 Å². The van der Waals surface area contributed by atoms with Crippen LogP contribution >= 0.6 is 11.8 Å². The molecule has 0 aliphatic heterocycles. The third-order valence-electron chi connectivity index (χ3n) is 3.34. The van der Waals surface area contributed by atoms with E-state index in [-0.39, 0.29) is 17.0 Å². The molecule has 0 aliphatic rings. The van der Waals surface area contributed by atoms with Crippen LogP contribution < -0.4 is 5.32 Å². The molecule has 4 heteroatoms. The minimum absolute atomic E-state index is 0.0445. The van der Waals surface area contributed by atoms with E-state index in [1.54, 1.807) is 23.9 Å². The largest absolute Gasteiger partial charge is 0.355 e. The topological polar surface area (TPSA) is 29.1 Å². The molecule has 1 N–H and O–H groups in total. The fourth-order valence-electron chi connectivity index (χ4n) is 2.00. The van der Waals surface area contributed by atoms with Gasteiger partial charge in [0.1, 0.15) is 5.82 Å². The molecule has 2 aromatic rings. The molecule has 22 heavy (non-hydrogen) atoms. The highest BCUT2D eigenvalue weighted by atomic mass is 32.2. The highest BCUT2D eigenvalue weighted by molar-refractivity contribution is 7.99. The minimum Gasteiger partial charge on any atom is -0.355 e. The number of rotatable bonds is 7. The first kappa shape index (κ1) is 16.6. The van der Waals surface area contributed by atoms with Gasteiger partial charge in [-0.2, -0.15) is 0 Å². The lowest BCUT2D eigenvalue weighted by molar-refractivity contribution is -0.120. The van der Waals surface area contributed by atoms with Crippen LogP contribution in [0.1, 0.15) is 18.1 Å². The first-order valence-electron chi connectivity index (χ1n) is 7.33. The number of amides is 1. The van der Waals surface area contributed by atoms with E-state index in [1.165, 1.54) is 17.7 Å². The number of hydrogen-bond acceptors (Lipinski definition) is 2. The lowest BCUT2D eigenvalue weighted by Crippen LogP contribution is -2.32. The van der Waals surface area contributed by atoms with Gasteiger partial charge in [0, 0.05) is 12.3 Å². The molecular weight excluding hydrogens is 297 g/mol. The van der Waals surface area contributed by atoms with E-state index in [0.29, 0.717) is 13.0 Å². The van der Waals surface area contributed by atoms with E-state index in [9.17, 15) is 9.18 Å². The first-order chi connectivity index (χ1) is 10.6. The van der Waals surface area contributed by atoms with Gasteiger partial charge in [-0.3, -0.25) is 4.79 Å². The molecule has 0 radical (unpaired) electrons. The van der Waals surface area contributed by atoms with Crippen LogP contribution in [0.2, 0.25) is 0 Å². The van der Waals surface area contributed by atoms with Crippen LogP contribution in [0.4, 0.5) is 4.39 Å². The van der Waals surface area contributed by atoms with Crippen molar-refractivity contribution < 1.29 is 9.18 Å². The van der Waals surface area contributed by atoms with E-state index >= 15 is 0 Å². The number of thioether (sulfide) groups is 1. The smallest absolute Gasteiger partial charge is 0.232 e. The zero-order valence-corrected chi connectivity index (χ0v) is 13.4. The van der Waals surface area contributed by atoms with Gasteiger partial charge in [-0.15, -0.1) is 11.8 Å². The van der Waals surface area contributed by atoms with Crippen LogP contribution in [0, 0.1) is 5.82 Å². The van der Waals surface area contributed by atoms with Gasteiger partial charge in [-0.25, -0.2) is 4.39 Å². The molecule has 0 spiro atoms. The van der Waals surface area contributed by atoms with E-state index in [0.717, 1.165) is 11.3 Å².